The number of anilines is 1. The monoisotopic (exact) mass is 279 g/mol. The lowest BCUT2D eigenvalue weighted by molar-refractivity contribution is 0.152. The standard InChI is InChI=1S/C14H21N3OS/c1-14(2,3)12-4-5-13(16-15-12)17-6-9-10(18)8-19-11(9)7-17/h4-5,9-11,18H,6-8H2,1-3H3. The predicted molar refractivity (Wildman–Crippen MR) is 78.7 cm³/mol. The van der Waals surface area contributed by atoms with Crippen LogP contribution in [0.4, 0.5) is 5.82 Å². The van der Waals surface area contributed by atoms with Crippen molar-refractivity contribution in [3.8, 4) is 0 Å². The van der Waals surface area contributed by atoms with Crippen molar-refractivity contribution < 1.29 is 5.11 Å². The van der Waals surface area contributed by atoms with E-state index >= 15 is 0 Å². The van der Waals surface area contributed by atoms with Crippen LogP contribution < -0.4 is 4.90 Å². The van der Waals surface area contributed by atoms with Gasteiger partial charge in [0.2, 0.25) is 0 Å². The second-order valence-electron chi connectivity index (χ2n) is 6.53. The van der Waals surface area contributed by atoms with Crippen LogP contribution in [0.15, 0.2) is 12.1 Å². The van der Waals surface area contributed by atoms with Crippen LogP contribution in [0.1, 0.15) is 26.5 Å². The Morgan fingerprint density at radius 2 is 2.05 bits per heavy atom. The van der Waals surface area contributed by atoms with E-state index in [1.807, 2.05) is 11.8 Å². The lowest BCUT2D eigenvalue weighted by atomic mass is 9.92. The summed E-state index contributed by atoms with van der Waals surface area (Å²) in [6, 6.07) is 4.13. The highest BCUT2D eigenvalue weighted by Crippen LogP contribution is 2.39. The molecule has 0 amide bonds. The third-order valence-corrected chi connectivity index (χ3v) is 5.49. The van der Waals surface area contributed by atoms with Crippen molar-refractivity contribution >= 4 is 17.6 Å². The van der Waals surface area contributed by atoms with E-state index < -0.39 is 0 Å². The van der Waals surface area contributed by atoms with Crippen LogP contribution in [0.3, 0.4) is 0 Å². The largest absolute Gasteiger partial charge is 0.392 e. The molecule has 1 aromatic rings. The molecule has 0 radical (unpaired) electrons. The summed E-state index contributed by atoms with van der Waals surface area (Å²) in [5.41, 5.74) is 1.06. The molecule has 5 heteroatoms. The molecule has 0 aromatic carbocycles. The topological polar surface area (TPSA) is 49.2 Å². The lowest BCUT2D eigenvalue weighted by Gasteiger charge is -2.21. The number of thioether (sulfide) groups is 1. The molecule has 1 N–H and O–H groups in total. The zero-order valence-electron chi connectivity index (χ0n) is 11.7. The second kappa shape index (κ2) is 4.63. The number of aliphatic hydroxyl groups excluding tert-OH is 1. The van der Waals surface area contributed by atoms with Gasteiger partial charge in [-0.05, 0) is 12.1 Å². The van der Waals surface area contributed by atoms with E-state index in [1.165, 1.54) is 0 Å². The number of nitrogens with zero attached hydrogens (tertiary/aromatic N) is 3. The Balaban J connectivity index is 1.74. The molecule has 19 heavy (non-hydrogen) atoms. The molecule has 4 nitrogen and oxygen atoms in total. The summed E-state index contributed by atoms with van der Waals surface area (Å²) >= 11 is 1.89. The van der Waals surface area contributed by atoms with Gasteiger partial charge in [0, 0.05) is 35.4 Å². The van der Waals surface area contributed by atoms with Crippen molar-refractivity contribution in [3.05, 3.63) is 17.8 Å². The van der Waals surface area contributed by atoms with Gasteiger partial charge in [-0.15, -0.1) is 5.10 Å². The SMILES string of the molecule is CC(C)(C)c1ccc(N2CC3SCC(O)C3C2)nn1. The fourth-order valence-electron chi connectivity index (χ4n) is 2.77. The Kier molecular flexibility index (Phi) is 3.21. The summed E-state index contributed by atoms with van der Waals surface area (Å²) in [4.78, 5) is 2.25. The first-order valence-corrected chi connectivity index (χ1v) is 7.89. The first kappa shape index (κ1) is 13.2. The van der Waals surface area contributed by atoms with Crippen LogP contribution in [-0.2, 0) is 5.41 Å². The average molecular weight is 279 g/mol. The smallest absolute Gasteiger partial charge is 0.151 e. The Labute approximate surface area is 118 Å². The molecular formula is C14H21N3OS. The van der Waals surface area contributed by atoms with Crippen molar-refractivity contribution in [2.75, 3.05) is 23.7 Å². The van der Waals surface area contributed by atoms with E-state index in [-0.39, 0.29) is 11.5 Å². The zero-order chi connectivity index (χ0) is 13.6. The third kappa shape index (κ3) is 2.46. The molecule has 0 bridgehead atoms. The van der Waals surface area contributed by atoms with E-state index in [1.54, 1.807) is 0 Å². The number of aliphatic hydroxyl groups is 1. The number of hydrogen-bond acceptors (Lipinski definition) is 5. The Morgan fingerprint density at radius 3 is 2.63 bits per heavy atom. The van der Waals surface area contributed by atoms with Crippen LogP contribution in [0.2, 0.25) is 0 Å². The van der Waals surface area contributed by atoms with Gasteiger partial charge in [-0.25, -0.2) is 0 Å². The number of hydrogen-bond donors (Lipinski definition) is 1. The van der Waals surface area contributed by atoms with Gasteiger partial charge in [0.15, 0.2) is 5.82 Å². The molecular weight excluding hydrogens is 258 g/mol. The van der Waals surface area contributed by atoms with Crippen LogP contribution in [0, 0.1) is 5.92 Å². The van der Waals surface area contributed by atoms with Crippen LogP contribution >= 0.6 is 11.8 Å². The highest BCUT2D eigenvalue weighted by Gasteiger charge is 2.43. The Bertz CT molecular complexity index is 457. The minimum Gasteiger partial charge on any atom is -0.392 e. The maximum absolute atomic E-state index is 9.93. The first-order valence-electron chi connectivity index (χ1n) is 6.84. The van der Waals surface area contributed by atoms with Crippen molar-refractivity contribution in [2.24, 2.45) is 5.92 Å². The van der Waals surface area contributed by atoms with Gasteiger partial charge in [-0.2, -0.15) is 16.9 Å². The minimum absolute atomic E-state index is 0.0408. The molecule has 1 aromatic heterocycles. The highest BCUT2D eigenvalue weighted by molar-refractivity contribution is 8.00. The molecule has 3 unspecified atom stereocenters. The fourth-order valence-corrected chi connectivity index (χ4v) is 4.26. The Morgan fingerprint density at radius 1 is 1.26 bits per heavy atom. The number of aromatic nitrogens is 2. The molecule has 104 valence electrons. The van der Waals surface area contributed by atoms with Crippen molar-refractivity contribution in [3.63, 3.8) is 0 Å². The van der Waals surface area contributed by atoms with Crippen molar-refractivity contribution in [1.29, 1.82) is 0 Å². The fraction of sp³-hybridized carbons (Fsp3) is 0.714. The minimum atomic E-state index is -0.151. The second-order valence-corrected chi connectivity index (χ2v) is 7.81. The van der Waals surface area contributed by atoms with Crippen LogP contribution in [0.25, 0.3) is 0 Å². The van der Waals surface area contributed by atoms with Crippen molar-refractivity contribution in [2.45, 2.75) is 37.5 Å². The highest BCUT2D eigenvalue weighted by atomic mass is 32.2. The zero-order valence-corrected chi connectivity index (χ0v) is 12.5. The van der Waals surface area contributed by atoms with Gasteiger partial charge in [-0.3, -0.25) is 0 Å². The summed E-state index contributed by atoms with van der Waals surface area (Å²) < 4.78 is 0. The molecule has 3 rings (SSSR count). The first-order chi connectivity index (χ1) is 8.95. The van der Waals surface area contributed by atoms with E-state index in [4.69, 9.17) is 0 Å². The average Bonchev–Trinajstić information content (AvgIpc) is 2.91. The lowest BCUT2D eigenvalue weighted by Crippen LogP contribution is -2.26. The van der Waals surface area contributed by atoms with Gasteiger partial charge in [-0.1, -0.05) is 20.8 Å². The van der Waals surface area contributed by atoms with Crippen LogP contribution in [-0.4, -0.2) is 45.5 Å². The molecule has 0 saturated carbocycles. The molecule has 2 saturated heterocycles. The van der Waals surface area contributed by atoms with Gasteiger partial charge >= 0.3 is 0 Å². The summed E-state index contributed by atoms with van der Waals surface area (Å²) in [5.74, 6) is 2.22. The maximum Gasteiger partial charge on any atom is 0.151 e. The summed E-state index contributed by atoms with van der Waals surface area (Å²) in [7, 11) is 0. The maximum atomic E-state index is 9.93. The quantitative estimate of drug-likeness (QED) is 0.847. The molecule has 3 heterocycles. The predicted octanol–water partition coefficient (Wildman–Crippen LogP) is 1.69. The Hall–Kier alpha value is -0.810. The molecule has 0 aliphatic carbocycles. The van der Waals surface area contributed by atoms with E-state index in [0.717, 1.165) is 30.4 Å². The van der Waals surface area contributed by atoms with Gasteiger partial charge in [0.1, 0.15) is 0 Å². The van der Waals surface area contributed by atoms with Gasteiger partial charge < -0.3 is 10.0 Å². The van der Waals surface area contributed by atoms with Gasteiger partial charge in [0.25, 0.3) is 0 Å². The number of rotatable bonds is 1. The van der Waals surface area contributed by atoms with E-state index in [0.29, 0.717) is 11.2 Å². The normalized spacial score (nSPS) is 30.7. The molecule has 2 aliphatic heterocycles. The molecule has 0 spiro atoms. The summed E-state index contributed by atoms with van der Waals surface area (Å²) in [6.07, 6.45) is -0.151. The molecule has 2 fully saturated rings. The third-order valence-electron chi connectivity index (χ3n) is 4.03. The van der Waals surface area contributed by atoms with E-state index in [9.17, 15) is 5.11 Å². The number of fused-ring (bicyclic) bond motifs is 1. The molecule has 2 aliphatic rings. The van der Waals surface area contributed by atoms with E-state index in [2.05, 4.69) is 48.0 Å². The van der Waals surface area contributed by atoms with Gasteiger partial charge in [0.05, 0.1) is 11.8 Å². The molecule has 3 atom stereocenters. The summed E-state index contributed by atoms with van der Waals surface area (Å²) in [6.45, 7) is 8.32. The van der Waals surface area contributed by atoms with Crippen LogP contribution in [0.5, 0.6) is 0 Å². The van der Waals surface area contributed by atoms with Crippen molar-refractivity contribution in [1.82, 2.24) is 10.2 Å². The summed E-state index contributed by atoms with van der Waals surface area (Å²) in [5, 5.41) is 19.2.